The van der Waals surface area contributed by atoms with Crippen LogP contribution in [0.2, 0.25) is 0 Å². The molecular weight excluding hydrogens is 242 g/mol. The molecule has 19 heavy (non-hydrogen) atoms. The molecule has 2 unspecified atom stereocenters. The minimum absolute atomic E-state index is 0.173. The zero-order valence-electron chi connectivity index (χ0n) is 11.9. The number of carbonyl (C=O) groups is 1. The van der Waals surface area contributed by atoms with E-state index in [4.69, 9.17) is 0 Å². The van der Waals surface area contributed by atoms with Crippen molar-refractivity contribution < 1.29 is 4.79 Å². The van der Waals surface area contributed by atoms with Crippen LogP contribution in [0.4, 0.5) is 0 Å². The van der Waals surface area contributed by atoms with Gasteiger partial charge in [-0.3, -0.25) is 14.5 Å². The van der Waals surface area contributed by atoms with Crippen LogP contribution in [0.5, 0.6) is 0 Å². The zero-order valence-corrected chi connectivity index (χ0v) is 11.9. The number of hydrogen-bond acceptors (Lipinski definition) is 3. The molecule has 1 amide bonds. The molecule has 104 valence electrons. The van der Waals surface area contributed by atoms with E-state index in [1.54, 1.807) is 11.8 Å². The molecule has 0 saturated carbocycles. The largest absolute Gasteiger partial charge is 0.364 e. The predicted octanol–water partition coefficient (Wildman–Crippen LogP) is 0.848. The third kappa shape index (κ3) is 2.71. The van der Waals surface area contributed by atoms with Gasteiger partial charge >= 0.3 is 0 Å². The topological polar surface area (TPSA) is 56.4 Å². The number of nitrogens with zero attached hydrogens (tertiary/aromatic N) is 2. The maximum atomic E-state index is 12.4. The van der Waals surface area contributed by atoms with E-state index in [-0.39, 0.29) is 16.9 Å². The van der Waals surface area contributed by atoms with Crippen LogP contribution in [0.25, 0.3) is 0 Å². The van der Waals surface area contributed by atoms with E-state index in [0.717, 1.165) is 5.69 Å². The molecule has 1 aliphatic heterocycles. The second-order valence-electron chi connectivity index (χ2n) is 5.47. The van der Waals surface area contributed by atoms with Crippen molar-refractivity contribution in [1.29, 1.82) is 0 Å². The number of hydrogen-bond donors (Lipinski definition) is 1. The summed E-state index contributed by atoms with van der Waals surface area (Å²) in [5, 5.41) is 0. The number of likely N-dealkylation sites (N-methyl/N-ethyl adjacent to an activating group) is 1. The second kappa shape index (κ2) is 5.17. The van der Waals surface area contributed by atoms with Gasteiger partial charge in [0.1, 0.15) is 5.56 Å². The summed E-state index contributed by atoms with van der Waals surface area (Å²) in [6.07, 6.45) is 1.52. The van der Waals surface area contributed by atoms with Gasteiger partial charge in [-0.15, -0.1) is 0 Å². The molecular formula is C14H21N3O2. The van der Waals surface area contributed by atoms with Gasteiger partial charge in [-0.1, -0.05) is 0 Å². The SMILES string of the molecule is Cc1cc(=O)c(C(=O)N2CC(C)N(C)C(C)C2)c[nH]1. The Labute approximate surface area is 113 Å². The summed E-state index contributed by atoms with van der Waals surface area (Å²) < 4.78 is 0. The molecule has 5 heteroatoms. The Morgan fingerprint density at radius 1 is 1.32 bits per heavy atom. The Balaban J connectivity index is 2.23. The van der Waals surface area contributed by atoms with Crippen molar-refractivity contribution in [3.63, 3.8) is 0 Å². The summed E-state index contributed by atoms with van der Waals surface area (Å²) in [5.74, 6) is -0.173. The number of nitrogens with one attached hydrogen (secondary N) is 1. The van der Waals surface area contributed by atoms with Gasteiger partial charge < -0.3 is 9.88 Å². The average Bonchev–Trinajstić information content (AvgIpc) is 2.34. The number of piperazine rings is 1. The number of H-pyrrole nitrogens is 1. The minimum atomic E-state index is -0.208. The number of aromatic amines is 1. The number of carbonyl (C=O) groups excluding carboxylic acids is 1. The summed E-state index contributed by atoms with van der Waals surface area (Å²) in [6.45, 7) is 7.31. The van der Waals surface area contributed by atoms with Gasteiger partial charge in [0.05, 0.1) is 0 Å². The fraction of sp³-hybridized carbons (Fsp3) is 0.571. The Bertz CT molecular complexity index is 526. The summed E-state index contributed by atoms with van der Waals surface area (Å²) >= 11 is 0. The van der Waals surface area contributed by atoms with Gasteiger partial charge in [-0.25, -0.2) is 0 Å². The molecule has 2 atom stereocenters. The Morgan fingerprint density at radius 2 is 1.89 bits per heavy atom. The lowest BCUT2D eigenvalue weighted by Crippen LogP contribution is -2.56. The fourth-order valence-electron chi connectivity index (χ4n) is 2.48. The monoisotopic (exact) mass is 263 g/mol. The van der Waals surface area contributed by atoms with E-state index < -0.39 is 0 Å². The fourth-order valence-corrected chi connectivity index (χ4v) is 2.48. The third-order valence-corrected chi connectivity index (χ3v) is 3.93. The lowest BCUT2D eigenvalue weighted by atomic mass is 10.1. The van der Waals surface area contributed by atoms with Crippen molar-refractivity contribution in [1.82, 2.24) is 14.8 Å². The maximum absolute atomic E-state index is 12.4. The molecule has 0 aromatic carbocycles. The number of aromatic nitrogens is 1. The number of amides is 1. The average molecular weight is 263 g/mol. The van der Waals surface area contributed by atoms with Crippen LogP contribution in [0.1, 0.15) is 29.9 Å². The zero-order chi connectivity index (χ0) is 14.2. The van der Waals surface area contributed by atoms with Gasteiger partial charge in [0.25, 0.3) is 5.91 Å². The van der Waals surface area contributed by atoms with Crippen LogP contribution in [0.15, 0.2) is 17.1 Å². The van der Waals surface area contributed by atoms with Crippen LogP contribution in [-0.2, 0) is 0 Å². The smallest absolute Gasteiger partial charge is 0.259 e. The summed E-state index contributed by atoms with van der Waals surface area (Å²) in [6, 6.07) is 2.07. The Kier molecular flexibility index (Phi) is 3.75. The first kappa shape index (κ1) is 13.8. The van der Waals surface area contributed by atoms with Crippen LogP contribution in [-0.4, -0.2) is 52.9 Å². The molecule has 0 bridgehead atoms. The van der Waals surface area contributed by atoms with E-state index >= 15 is 0 Å². The molecule has 0 radical (unpaired) electrons. The molecule has 5 nitrogen and oxygen atoms in total. The maximum Gasteiger partial charge on any atom is 0.259 e. The number of pyridine rings is 1. The van der Waals surface area contributed by atoms with Crippen LogP contribution in [0, 0.1) is 6.92 Å². The van der Waals surface area contributed by atoms with Gasteiger partial charge in [-0.2, -0.15) is 0 Å². The van der Waals surface area contributed by atoms with Crippen LogP contribution in [0.3, 0.4) is 0 Å². The van der Waals surface area contributed by atoms with E-state index in [1.807, 2.05) is 0 Å². The highest BCUT2D eigenvalue weighted by atomic mass is 16.2. The number of rotatable bonds is 1. The highest BCUT2D eigenvalue weighted by Crippen LogP contribution is 2.14. The highest BCUT2D eigenvalue weighted by molar-refractivity contribution is 5.94. The molecule has 2 rings (SSSR count). The van der Waals surface area contributed by atoms with Gasteiger partial charge in [0, 0.05) is 43.1 Å². The molecule has 1 N–H and O–H groups in total. The second-order valence-corrected chi connectivity index (χ2v) is 5.47. The molecule has 1 aromatic rings. The van der Waals surface area contributed by atoms with Crippen LogP contribution < -0.4 is 5.43 Å². The number of aryl methyl sites for hydroxylation is 1. The normalized spacial score (nSPS) is 24.5. The molecule has 1 fully saturated rings. The van der Waals surface area contributed by atoms with Crippen molar-refractivity contribution in [2.45, 2.75) is 32.9 Å². The van der Waals surface area contributed by atoms with Gasteiger partial charge in [0.2, 0.25) is 0 Å². The first-order valence-corrected chi connectivity index (χ1v) is 6.60. The lowest BCUT2D eigenvalue weighted by molar-refractivity contribution is 0.0413. The van der Waals surface area contributed by atoms with Crippen molar-refractivity contribution in [3.8, 4) is 0 Å². The van der Waals surface area contributed by atoms with Crippen molar-refractivity contribution in [2.75, 3.05) is 20.1 Å². The lowest BCUT2D eigenvalue weighted by Gasteiger charge is -2.42. The Hall–Kier alpha value is -1.62. The van der Waals surface area contributed by atoms with Crippen molar-refractivity contribution in [2.24, 2.45) is 0 Å². The third-order valence-electron chi connectivity index (χ3n) is 3.93. The van der Waals surface area contributed by atoms with E-state index in [9.17, 15) is 9.59 Å². The highest BCUT2D eigenvalue weighted by Gasteiger charge is 2.30. The molecule has 1 aliphatic rings. The Morgan fingerprint density at radius 3 is 2.42 bits per heavy atom. The van der Waals surface area contributed by atoms with Crippen LogP contribution >= 0.6 is 0 Å². The minimum Gasteiger partial charge on any atom is -0.364 e. The predicted molar refractivity (Wildman–Crippen MR) is 74.4 cm³/mol. The van der Waals surface area contributed by atoms with E-state index in [2.05, 4.69) is 30.8 Å². The van der Waals surface area contributed by atoms with Gasteiger partial charge in [0.15, 0.2) is 5.43 Å². The molecule has 0 aliphatic carbocycles. The summed E-state index contributed by atoms with van der Waals surface area (Å²) in [5.41, 5.74) is 0.789. The quantitative estimate of drug-likeness (QED) is 0.817. The summed E-state index contributed by atoms with van der Waals surface area (Å²) in [7, 11) is 2.07. The molecule has 1 saturated heterocycles. The van der Waals surface area contributed by atoms with Crippen molar-refractivity contribution >= 4 is 5.91 Å². The molecule has 1 aromatic heterocycles. The first-order valence-electron chi connectivity index (χ1n) is 6.60. The standard InChI is InChI=1S/C14H21N3O2/c1-9-5-13(18)12(6-15-9)14(19)17-7-10(2)16(4)11(3)8-17/h5-6,10-11H,7-8H2,1-4H3,(H,15,18). The van der Waals surface area contributed by atoms with Crippen molar-refractivity contribution in [3.05, 3.63) is 33.7 Å². The molecule has 0 spiro atoms. The van der Waals surface area contributed by atoms with E-state index in [1.165, 1.54) is 12.3 Å². The van der Waals surface area contributed by atoms with E-state index in [0.29, 0.717) is 25.2 Å². The molecule has 2 heterocycles. The summed E-state index contributed by atoms with van der Waals surface area (Å²) in [4.78, 5) is 31.3. The first-order chi connectivity index (χ1) is 8.90. The van der Waals surface area contributed by atoms with Gasteiger partial charge in [-0.05, 0) is 27.8 Å².